The van der Waals surface area contributed by atoms with Gasteiger partial charge in [0.1, 0.15) is 6.07 Å². The van der Waals surface area contributed by atoms with E-state index in [-0.39, 0.29) is 11.3 Å². The number of benzene rings is 2. The van der Waals surface area contributed by atoms with Gasteiger partial charge in [-0.3, -0.25) is 9.59 Å². The molecule has 2 aromatic carbocycles. The van der Waals surface area contributed by atoms with E-state index in [2.05, 4.69) is 5.32 Å². The molecule has 0 saturated carbocycles. The van der Waals surface area contributed by atoms with Crippen LogP contribution in [0.1, 0.15) is 33.2 Å². The number of hydrogen-bond acceptors (Lipinski definition) is 3. The molecule has 0 fully saturated rings. The Bertz CT molecular complexity index is 763. The molecular weight excluding hydrogens is 288 g/mol. The van der Waals surface area contributed by atoms with E-state index in [0.717, 1.165) is 0 Å². The summed E-state index contributed by atoms with van der Waals surface area (Å²) >= 11 is 5.84. The first-order chi connectivity index (χ1) is 10.0. The number of amides is 1. The number of hydrogen-bond donors (Lipinski definition) is 1. The summed E-state index contributed by atoms with van der Waals surface area (Å²) in [5.41, 5.74) is 1.36. The Balaban J connectivity index is 2.31. The van der Waals surface area contributed by atoms with E-state index in [1.807, 2.05) is 6.07 Å². The second-order valence-corrected chi connectivity index (χ2v) is 4.77. The van der Waals surface area contributed by atoms with Gasteiger partial charge in [-0.2, -0.15) is 5.26 Å². The highest BCUT2D eigenvalue weighted by atomic mass is 35.5. The molecule has 0 aliphatic carbocycles. The normalized spacial score (nSPS) is 9.76. The smallest absolute Gasteiger partial charge is 0.256 e. The lowest BCUT2D eigenvalue weighted by Gasteiger charge is -2.09. The average molecular weight is 299 g/mol. The second-order valence-electron chi connectivity index (χ2n) is 4.36. The van der Waals surface area contributed by atoms with Gasteiger partial charge < -0.3 is 5.32 Å². The number of Topliss-reactive ketones (excluding diaryl/α,β-unsaturated/α-hetero) is 1. The standard InChI is InChI=1S/C16H11ClN2O2/c1-10(20)13-4-2-3-5-14(13)16(21)19-12-6-7-15(17)11(8-12)9-18/h2-8H,1H3,(H,19,21). The van der Waals surface area contributed by atoms with Crippen molar-refractivity contribution >= 4 is 29.0 Å². The minimum atomic E-state index is -0.410. The molecule has 5 heteroatoms. The number of halogens is 1. The summed E-state index contributed by atoms with van der Waals surface area (Å²) in [6.45, 7) is 1.40. The van der Waals surface area contributed by atoms with E-state index >= 15 is 0 Å². The molecular formula is C16H11ClN2O2. The summed E-state index contributed by atoms with van der Waals surface area (Å²) in [7, 11) is 0. The van der Waals surface area contributed by atoms with Crippen molar-refractivity contribution in [1.82, 2.24) is 0 Å². The van der Waals surface area contributed by atoms with Gasteiger partial charge in [0.05, 0.1) is 16.1 Å². The Hall–Kier alpha value is -2.64. The van der Waals surface area contributed by atoms with E-state index in [1.165, 1.54) is 19.1 Å². The molecule has 0 atom stereocenters. The Labute approximate surface area is 127 Å². The molecule has 0 aliphatic rings. The van der Waals surface area contributed by atoms with Crippen LogP contribution in [0.25, 0.3) is 0 Å². The maximum atomic E-state index is 12.2. The molecule has 0 bridgehead atoms. The molecule has 0 spiro atoms. The minimum absolute atomic E-state index is 0.186. The Morgan fingerprint density at radius 2 is 1.81 bits per heavy atom. The van der Waals surface area contributed by atoms with Gasteiger partial charge in [0.15, 0.2) is 5.78 Å². The second kappa shape index (κ2) is 6.21. The highest BCUT2D eigenvalue weighted by Crippen LogP contribution is 2.20. The van der Waals surface area contributed by atoms with Crippen LogP contribution in [0.3, 0.4) is 0 Å². The van der Waals surface area contributed by atoms with Gasteiger partial charge in [0, 0.05) is 11.3 Å². The van der Waals surface area contributed by atoms with Gasteiger partial charge in [0.25, 0.3) is 5.91 Å². The SMILES string of the molecule is CC(=O)c1ccccc1C(=O)Nc1ccc(Cl)c(C#N)c1. The highest BCUT2D eigenvalue weighted by Gasteiger charge is 2.14. The zero-order valence-electron chi connectivity index (χ0n) is 11.2. The number of ketones is 1. The van der Waals surface area contributed by atoms with E-state index < -0.39 is 5.91 Å². The van der Waals surface area contributed by atoms with Crippen molar-refractivity contribution in [3.8, 4) is 6.07 Å². The lowest BCUT2D eigenvalue weighted by molar-refractivity contribution is 0.0985. The molecule has 1 N–H and O–H groups in total. The fourth-order valence-electron chi connectivity index (χ4n) is 1.88. The van der Waals surface area contributed by atoms with Crippen molar-refractivity contribution in [2.45, 2.75) is 6.92 Å². The van der Waals surface area contributed by atoms with Crippen LogP contribution < -0.4 is 5.32 Å². The number of rotatable bonds is 3. The number of carbonyl (C=O) groups excluding carboxylic acids is 2. The van der Waals surface area contributed by atoms with Crippen LogP contribution in [0.4, 0.5) is 5.69 Å². The molecule has 2 rings (SSSR count). The maximum absolute atomic E-state index is 12.2. The highest BCUT2D eigenvalue weighted by molar-refractivity contribution is 6.31. The van der Waals surface area contributed by atoms with Crippen LogP contribution >= 0.6 is 11.6 Å². The fraction of sp³-hybridized carbons (Fsp3) is 0.0625. The lowest BCUT2D eigenvalue weighted by atomic mass is 10.0. The molecule has 21 heavy (non-hydrogen) atoms. The van der Waals surface area contributed by atoms with Gasteiger partial charge in [0.2, 0.25) is 0 Å². The lowest BCUT2D eigenvalue weighted by Crippen LogP contribution is -2.15. The van der Waals surface area contributed by atoms with Gasteiger partial charge in [-0.15, -0.1) is 0 Å². The predicted molar refractivity (Wildman–Crippen MR) is 80.6 cm³/mol. The summed E-state index contributed by atoms with van der Waals surface area (Å²) in [5, 5.41) is 11.9. The predicted octanol–water partition coefficient (Wildman–Crippen LogP) is 3.67. The Morgan fingerprint density at radius 3 is 2.43 bits per heavy atom. The number of nitrogens with one attached hydrogen (secondary N) is 1. The molecule has 4 nitrogen and oxygen atoms in total. The van der Waals surface area contributed by atoms with Crippen molar-refractivity contribution in [1.29, 1.82) is 5.26 Å². The first kappa shape index (κ1) is 14.8. The molecule has 1 amide bonds. The topological polar surface area (TPSA) is 70.0 Å². The van der Waals surface area contributed by atoms with Gasteiger partial charge in [-0.1, -0.05) is 29.8 Å². The molecule has 2 aromatic rings. The summed E-state index contributed by atoms with van der Waals surface area (Å²) in [4.78, 5) is 23.8. The molecule has 0 saturated heterocycles. The Morgan fingerprint density at radius 1 is 1.14 bits per heavy atom. The largest absolute Gasteiger partial charge is 0.322 e. The van der Waals surface area contributed by atoms with Crippen molar-refractivity contribution in [3.63, 3.8) is 0 Å². The number of nitriles is 1. The summed E-state index contributed by atoms with van der Waals surface area (Å²) in [5.74, 6) is -0.596. The van der Waals surface area contributed by atoms with Crippen LogP contribution in [0, 0.1) is 11.3 Å². The minimum Gasteiger partial charge on any atom is -0.322 e. The van der Waals surface area contributed by atoms with E-state index in [1.54, 1.807) is 30.3 Å². The summed E-state index contributed by atoms with van der Waals surface area (Å²) in [6, 6.07) is 13.1. The third-order valence-corrected chi connectivity index (χ3v) is 3.23. The molecule has 104 valence electrons. The molecule has 0 unspecified atom stereocenters. The third-order valence-electron chi connectivity index (χ3n) is 2.90. The van der Waals surface area contributed by atoms with Crippen LogP contribution in [-0.2, 0) is 0 Å². The number of anilines is 1. The van der Waals surface area contributed by atoms with Crippen molar-refractivity contribution in [2.24, 2.45) is 0 Å². The van der Waals surface area contributed by atoms with Crippen LogP contribution in [0.15, 0.2) is 42.5 Å². The zero-order valence-corrected chi connectivity index (χ0v) is 11.9. The van der Waals surface area contributed by atoms with Crippen LogP contribution in [0.5, 0.6) is 0 Å². The van der Waals surface area contributed by atoms with E-state index in [0.29, 0.717) is 21.8 Å². The molecule has 0 aromatic heterocycles. The maximum Gasteiger partial charge on any atom is 0.256 e. The molecule has 0 heterocycles. The number of carbonyl (C=O) groups is 2. The molecule has 0 aliphatic heterocycles. The fourth-order valence-corrected chi connectivity index (χ4v) is 2.04. The number of nitrogens with zero attached hydrogens (tertiary/aromatic N) is 1. The first-order valence-corrected chi connectivity index (χ1v) is 6.51. The average Bonchev–Trinajstić information content (AvgIpc) is 2.49. The zero-order chi connectivity index (χ0) is 15.4. The van der Waals surface area contributed by atoms with Crippen LogP contribution in [-0.4, -0.2) is 11.7 Å². The van der Waals surface area contributed by atoms with E-state index in [9.17, 15) is 9.59 Å². The van der Waals surface area contributed by atoms with Gasteiger partial charge in [-0.05, 0) is 31.2 Å². The summed E-state index contributed by atoms with van der Waals surface area (Å²) < 4.78 is 0. The summed E-state index contributed by atoms with van der Waals surface area (Å²) in [6.07, 6.45) is 0. The van der Waals surface area contributed by atoms with Crippen LogP contribution in [0.2, 0.25) is 5.02 Å². The molecule has 0 radical (unpaired) electrons. The first-order valence-electron chi connectivity index (χ1n) is 6.14. The monoisotopic (exact) mass is 298 g/mol. The van der Waals surface area contributed by atoms with Gasteiger partial charge in [-0.25, -0.2) is 0 Å². The third kappa shape index (κ3) is 3.28. The van der Waals surface area contributed by atoms with Gasteiger partial charge >= 0.3 is 0 Å². The Kier molecular flexibility index (Phi) is 4.36. The van der Waals surface area contributed by atoms with Crippen molar-refractivity contribution < 1.29 is 9.59 Å². The van der Waals surface area contributed by atoms with Crippen molar-refractivity contribution in [2.75, 3.05) is 5.32 Å². The van der Waals surface area contributed by atoms with Crippen molar-refractivity contribution in [3.05, 3.63) is 64.2 Å². The quantitative estimate of drug-likeness (QED) is 0.879. The van der Waals surface area contributed by atoms with E-state index in [4.69, 9.17) is 16.9 Å².